The van der Waals surface area contributed by atoms with Crippen molar-refractivity contribution in [3.8, 4) is 0 Å². The Kier molecular flexibility index (Phi) is 7.78. The molecule has 3 atom stereocenters. The number of carbonyl (C=O) groups is 1. The second-order valence-electron chi connectivity index (χ2n) is 8.44. The van der Waals surface area contributed by atoms with Gasteiger partial charge in [0.1, 0.15) is 0 Å². The third-order valence-electron chi connectivity index (χ3n) is 6.10. The van der Waals surface area contributed by atoms with Gasteiger partial charge in [-0.2, -0.15) is 0 Å². The fraction of sp³-hybridized carbons (Fsp3) is 0.500. The van der Waals surface area contributed by atoms with Crippen LogP contribution in [0.1, 0.15) is 50.7 Å². The topological polar surface area (TPSA) is 47.6 Å². The summed E-state index contributed by atoms with van der Waals surface area (Å²) in [5, 5.41) is 3.14. The van der Waals surface area contributed by atoms with Gasteiger partial charge < -0.3 is 14.8 Å². The van der Waals surface area contributed by atoms with Gasteiger partial charge in [0.2, 0.25) is 5.91 Å². The van der Waals surface area contributed by atoms with Crippen molar-refractivity contribution in [3.63, 3.8) is 0 Å². The molecule has 4 nitrogen and oxygen atoms in total. The standard InChI is InChI=1S/C26H35NO3/c1-5-9-19(3)30-25-16-21(12-8-13-24(25)29-4)23-15-22(26(28)27-17-23)14-20-11-7-6-10-18(20)2/h6-7,10-13,16,19,22-23H,5,8-9,14-15,17H2,1-4H3,(H,27,28)/t19?,22-,23-/m1/s1. The number of piperidine rings is 1. The van der Waals surface area contributed by atoms with Crippen molar-refractivity contribution < 1.29 is 14.3 Å². The van der Waals surface area contributed by atoms with E-state index < -0.39 is 0 Å². The van der Waals surface area contributed by atoms with Crippen molar-refractivity contribution in [1.82, 2.24) is 5.32 Å². The molecule has 2 aliphatic rings. The maximum atomic E-state index is 12.6. The van der Waals surface area contributed by atoms with E-state index in [4.69, 9.17) is 9.47 Å². The van der Waals surface area contributed by atoms with Crippen LogP contribution in [0, 0.1) is 18.8 Å². The maximum absolute atomic E-state index is 12.6. The lowest BCUT2D eigenvalue weighted by atomic mass is 9.81. The quantitative estimate of drug-likeness (QED) is 0.639. The summed E-state index contributed by atoms with van der Waals surface area (Å²) in [6, 6.07) is 8.34. The van der Waals surface area contributed by atoms with Gasteiger partial charge in [-0.1, -0.05) is 43.7 Å². The van der Waals surface area contributed by atoms with Crippen molar-refractivity contribution in [3.05, 3.63) is 70.7 Å². The lowest BCUT2D eigenvalue weighted by Crippen LogP contribution is -2.43. The fourth-order valence-corrected chi connectivity index (χ4v) is 4.36. The molecule has 1 heterocycles. The summed E-state index contributed by atoms with van der Waals surface area (Å²) in [6.07, 6.45) is 11.1. The molecule has 1 aliphatic heterocycles. The summed E-state index contributed by atoms with van der Waals surface area (Å²) < 4.78 is 11.8. The molecule has 0 saturated carbocycles. The molecule has 1 N–H and O–H groups in total. The number of benzene rings is 1. The van der Waals surface area contributed by atoms with Crippen LogP contribution >= 0.6 is 0 Å². The molecule has 30 heavy (non-hydrogen) atoms. The van der Waals surface area contributed by atoms with Gasteiger partial charge >= 0.3 is 0 Å². The van der Waals surface area contributed by atoms with Crippen molar-refractivity contribution >= 4 is 5.91 Å². The summed E-state index contributed by atoms with van der Waals surface area (Å²) in [5.74, 6) is 2.02. The highest BCUT2D eigenvalue weighted by Gasteiger charge is 2.31. The molecule has 1 amide bonds. The summed E-state index contributed by atoms with van der Waals surface area (Å²) in [6.45, 7) is 7.05. The van der Waals surface area contributed by atoms with Crippen molar-refractivity contribution in [2.24, 2.45) is 11.8 Å². The Morgan fingerprint density at radius 2 is 2.00 bits per heavy atom. The largest absolute Gasteiger partial charge is 0.493 e. The first-order valence-corrected chi connectivity index (χ1v) is 11.2. The normalized spacial score (nSPS) is 22.8. The van der Waals surface area contributed by atoms with E-state index in [0.29, 0.717) is 6.54 Å². The Hall–Kier alpha value is -2.49. The van der Waals surface area contributed by atoms with Gasteiger partial charge in [0.05, 0.1) is 13.2 Å². The van der Waals surface area contributed by atoms with E-state index in [1.54, 1.807) is 7.11 Å². The highest BCUT2D eigenvalue weighted by atomic mass is 16.5. The number of carbonyl (C=O) groups excluding carboxylic acids is 1. The number of methoxy groups -OCH3 is 1. The highest BCUT2D eigenvalue weighted by Crippen LogP contribution is 2.32. The van der Waals surface area contributed by atoms with Crippen molar-refractivity contribution in [2.75, 3.05) is 13.7 Å². The molecule has 3 rings (SSSR count). The molecular formula is C26H35NO3. The highest BCUT2D eigenvalue weighted by molar-refractivity contribution is 5.80. The molecule has 1 aliphatic carbocycles. The second kappa shape index (κ2) is 10.5. The first kappa shape index (κ1) is 22.2. The van der Waals surface area contributed by atoms with Gasteiger partial charge in [0.15, 0.2) is 11.5 Å². The number of hydrogen-bond acceptors (Lipinski definition) is 3. The Balaban J connectivity index is 1.77. The number of amides is 1. The van der Waals surface area contributed by atoms with Crippen molar-refractivity contribution in [2.45, 2.75) is 59.0 Å². The number of nitrogens with one attached hydrogen (secondary N) is 1. The predicted molar refractivity (Wildman–Crippen MR) is 121 cm³/mol. The second-order valence-corrected chi connectivity index (χ2v) is 8.44. The predicted octanol–water partition coefficient (Wildman–Crippen LogP) is 5.24. The molecule has 1 fully saturated rings. The maximum Gasteiger partial charge on any atom is 0.223 e. The average Bonchev–Trinajstić information content (AvgIpc) is 2.93. The molecule has 1 saturated heterocycles. The zero-order valence-corrected chi connectivity index (χ0v) is 18.7. The van der Waals surface area contributed by atoms with Crippen LogP contribution in [-0.4, -0.2) is 25.7 Å². The monoisotopic (exact) mass is 409 g/mol. The van der Waals surface area contributed by atoms with E-state index in [9.17, 15) is 4.79 Å². The number of ether oxygens (including phenoxy) is 2. The Morgan fingerprint density at radius 3 is 2.73 bits per heavy atom. The minimum absolute atomic E-state index is 0.0133. The van der Waals surface area contributed by atoms with E-state index in [-0.39, 0.29) is 23.8 Å². The number of hydrogen-bond donors (Lipinski definition) is 1. The van der Waals surface area contributed by atoms with Crippen LogP contribution in [0.4, 0.5) is 0 Å². The van der Waals surface area contributed by atoms with Gasteiger partial charge in [0.25, 0.3) is 0 Å². The molecule has 1 aromatic rings. The molecule has 0 radical (unpaired) electrons. The Morgan fingerprint density at radius 1 is 1.20 bits per heavy atom. The average molecular weight is 410 g/mol. The van der Waals surface area contributed by atoms with Gasteiger partial charge in [-0.15, -0.1) is 0 Å². The minimum atomic E-state index is -0.0133. The first-order chi connectivity index (χ1) is 14.5. The smallest absolute Gasteiger partial charge is 0.223 e. The molecule has 1 unspecified atom stereocenters. The van der Waals surface area contributed by atoms with Crippen LogP contribution in [0.2, 0.25) is 0 Å². The zero-order valence-electron chi connectivity index (χ0n) is 18.7. The molecule has 0 bridgehead atoms. The minimum Gasteiger partial charge on any atom is -0.493 e. The van der Waals surface area contributed by atoms with E-state index in [2.05, 4.69) is 62.5 Å². The fourth-order valence-electron chi connectivity index (χ4n) is 4.36. The van der Waals surface area contributed by atoms with E-state index in [1.165, 1.54) is 16.7 Å². The van der Waals surface area contributed by atoms with Gasteiger partial charge in [-0.05, 0) is 68.4 Å². The number of allylic oxidation sites excluding steroid dienone is 3. The van der Waals surface area contributed by atoms with Crippen LogP contribution in [0.25, 0.3) is 0 Å². The van der Waals surface area contributed by atoms with Crippen LogP contribution in [0.5, 0.6) is 0 Å². The first-order valence-electron chi connectivity index (χ1n) is 11.2. The van der Waals surface area contributed by atoms with Crippen LogP contribution in [0.3, 0.4) is 0 Å². The molecule has 0 spiro atoms. The van der Waals surface area contributed by atoms with Gasteiger partial charge in [-0.25, -0.2) is 0 Å². The summed E-state index contributed by atoms with van der Waals surface area (Å²) in [5.41, 5.74) is 3.73. The Labute approximate surface area is 181 Å². The molecule has 0 aromatic heterocycles. The van der Waals surface area contributed by atoms with E-state index in [0.717, 1.165) is 43.6 Å². The summed E-state index contributed by atoms with van der Waals surface area (Å²) in [4.78, 5) is 12.6. The number of rotatable bonds is 8. The summed E-state index contributed by atoms with van der Waals surface area (Å²) >= 11 is 0. The lowest BCUT2D eigenvalue weighted by molar-refractivity contribution is -0.127. The third kappa shape index (κ3) is 5.56. The van der Waals surface area contributed by atoms with E-state index in [1.807, 2.05) is 6.07 Å². The van der Waals surface area contributed by atoms with Crippen LogP contribution < -0.4 is 5.32 Å². The van der Waals surface area contributed by atoms with E-state index >= 15 is 0 Å². The summed E-state index contributed by atoms with van der Waals surface area (Å²) in [7, 11) is 1.69. The third-order valence-corrected chi connectivity index (χ3v) is 6.10. The van der Waals surface area contributed by atoms with Crippen LogP contribution in [0.15, 0.2) is 59.6 Å². The van der Waals surface area contributed by atoms with Crippen molar-refractivity contribution in [1.29, 1.82) is 0 Å². The molecule has 1 aromatic carbocycles. The lowest BCUT2D eigenvalue weighted by Gasteiger charge is -2.30. The SMILES string of the molecule is CCCC(C)OC1=CC([C@H]2CNC(=O)[C@H](Cc3ccccc3C)C2)=CCC=C1OC. The zero-order chi connectivity index (χ0) is 21.5. The molecule has 162 valence electrons. The van der Waals surface area contributed by atoms with Crippen LogP contribution in [-0.2, 0) is 20.7 Å². The number of aryl methyl sites for hydroxylation is 1. The molecular weight excluding hydrogens is 374 g/mol. The van der Waals surface area contributed by atoms with Gasteiger partial charge in [-0.3, -0.25) is 4.79 Å². The van der Waals surface area contributed by atoms with Gasteiger partial charge in [0, 0.05) is 18.4 Å². The molecule has 4 heteroatoms. The Bertz CT molecular complexity index is 836.